The number of aromatic nitrogens is 3. The molecule has 0 unspecified atom stereocenters. The van der Waals surface area contributed by atoms with Gasteiger partial charge >= 0.3 is 0 Å². The van der Waals surface area contributed by atoms with Crippen molar-refractivity contribution in [2.45, 2.75) is 19.8 Å². The average molecular weight is 414 g/mol. The van der Waals surface area contributed by atoms with Crippen molar-refractivity contribution in [2.24, 2.45) is 5.92 Å². The van der Waals surface area contributed by atoms with Crippen LogP contribution in [-0.4, -0.2) is 52.3 Å². The van der Waals surface area contributed by atoms with E-state index in [0.29, 0.717) is 31.7 Å². The van der Waals surface area contributed by atoms with Gasteiger partial charge in [-0.2, -0.15) is 0 Å². The normalized spacial score (nSPS) is 16.2. The lowest BCUT2D eigenvalue weighted by Crippen LogP contribution is -2.40. The Balaban J connectivity index is 1.50. The molecule has 1 saturated heterocycles. The largest absolute Gasteiger partial charge is 0.326 e. The molecule has 29 heavy (non-hydrogen) atoms. The van der Waals surface area contributed by atoms with E-state index >= 15 is 0 Å². The van der Waals surface area contributed by atoms with Gasteiger partial charge in [0.25, 0.3) is 0 Å². The molecule has 1 N–H and O–H groups in total. The van der Waals surface area contributed by atoms with Crippen LogP contribution in [0.3, 0.4) is 0 Å². The monoisotopic (exact) mass is 413 g/mol. The highest BCUT2D eigenvalue weighted by Gasteiger charge is 2.29. The van der Waals surface area contributed by atoms with Crippen LogP contribution in [0.1, 0.15) is 18.4 Å². The lowest BCUT2D eigenvalue weighted by Gasteiger charge is -2.29. The van der Waals surface area contributed by atoms with Crippen molar-refractivity contribution < 1.29 is 13.2 Å². The number of anilines is 1. The van der Waals surface area contributed by atoms with Gasteiger partial charge in [0.2, 0.25) is 21.7 Å². The number of rotatable bonds is 4. The van der Waals surface area contributed by atoms with Crippen molar-refractivity contribution >= 4 is 27.4 Å². The molecule has 2 aromatic heterocycles. The van der Waals surface area contributed by atoms with E-state index in [1.807, 2.05) is 48.0 Å². The Morgan fingerprint density at radius 2 is 2.00 bits per heavy atom. The number of nitrogens with zero attached hydrogens (tertiary/aromatic N) is 4. The maximum Gasteiger partial charge on any atom is 0.234 e. The molecule has 0 saturated carbocycles. The van der Waals surface area contributed by atoms with Crippen molar-refractivity contribution in [1.82, 2.24) is 18.7 Å². The predicted octanol–water partition coefficient (Wildman–Crippen LogP) is 2.31. The number of aryl methyl sites for hydroxylation is 1. The second kappa shape index (κ2) is 7.57. The molecule has 0 bridgehead atoms. The second-order valence-electron chi connectivity index (χ2n) is 7.41. The van der Waals surface area contributed by atoms with Crippen LogP contribution in [0.4, 0.5) is 5.69 Å². The summed E-state index contributed by atoms with van der Waals surface area (Å²) in [5.74, 6) is 0.344. The Kier molecular flexibility index (Phi) is 5.10. The van der Waals surface area contributed by atoms with Crippen LogP contribution >= 0.6 is 0 Å². The van der Waals surface area contributed by atoms with Gasteiger partial charge in [-0.05, 0) is 37.5 Å². The van der Waals surface area contributed by atoms with Gasteiger partial charge in [0.1, 0.15) is 0 Å². The quantitative estimate of drug-likeness (QED) is 0.708. The summed E-state index contributed by atoms with van der Waals surface area (Å²) in [4.78, 5) is 21.5. The molecule has 3 aromatic rings. The van der Waals surface area contributed by atoms with Crippen molar-refractivity contribution in [2.75, 3.05) is 24.7 Å². The molecule has 8 nitrogen and oxygen atoms in total. The first-order valence-corrected chi connectivity index (χ1v) is 11.3. The van der Waals surface area contributed by atoms with Crippen LogP contribution in [0.5, 0.6) is 0 Å². The van der Waals surface area contributed by atoms with Crippen molar-refractivity contribution in [3.63, 3.8) is 0 Å². The van der Waals surface area contributed by atoms with E-state index in [9.17, 15) is 13.2 Å². The highest BCUT2D eigenvalue weighted by molar-refractivity contribution is 7.88. The van der Waals surface area contributed by atoms with Gasteiger partial charge in [-0.25, -0.2) is 22.7 Å². The molecule has 4 rings (SSSR count). The van der Waals surface area contributed by atoms with Crippen LogP contribution in [0.2, 0.25) is 0 Å². The number of hydrogen-bond donors (Lipinski definition) is 1. The van der Waals surface area contributed by atoms with Gasteiger partial charge in [-0.15, -0.1) is 0 Å². The van der Waals surface area contributed by atoms with Gasteiger partial charge in [-0.3, -0.25) is 9.20 Å². The van der Waals surface area contributed by atoms with Crippen LogP contribution in [0, 0.1) is 12.8 Å². The zero-order valence-corrected chi connectivity index (χ0v) is 17.2. The summed E-state index contributed by atoms with van der Waals surface area (Å²) >= 11 is 0. The van der Waals surface area contributed by atoms with E-state index in [-0.39, 0.29) is 11.8 Å². The van der Waals surface area contributed by atoms with Gasteiger partial charge in [-0.1, -0.05) is 12.1 Å². The molecule has 0 aliphatic carbocycles. The number of sulfonamides is 1. The number of nitrogens with one attached hydrogen (secondary N) is 1. The third kappa shape index (κ3) is 4.15. The van der Waals surface area contributed by atoms with Gasteiger partial charge < -0.3 is 5.32 Å². The number of fused-ring (bicyclic) bond motifs is 1. The summed E-state index contributed by atoms with van der Waals surface area (Å²) in [6, 6.07) is 7.68. The van der Waals surface area contributed by atoms with E-state index in [1.165, 1.54) is 10.6 Å². The summed E-state index contributed by atoms with van der Waals surface area (Å²) in [6.45, 7) is 2.70. The minimum atomic E-state index is -3.20. The first kappa shape index (κ1) is 19.5. The molecule has 0 spiro atoms. The molecular weight excluding hydrogens is 390 g/mol. The van der Waals surface area contributed by atoms with E-state index in [0.717, 1.165) is 22.5 Å². The van der Waals surface area contributed by atoms with Crippen LogP contribution in [-0.2, 0) is 14.8 Å². The fourth-order valence-corrected chi connectivity index (χ4v) is 4.44. The molecule has 1 aliphatic heterocycles. The van der Waals surface area contributed by atoms with Gasteiger partial charge in [0.05, 0.1) is 11.9 Å². The number of imidazole rings is 1. The molecule has 0 atom stereocenters. The van der Waals surface area contributed by atoms with Crippen LogP contribution in [0.25, 0.3) is 17.0 Å². The minimum absolute atomic E-state index is 0.0740. The van der Waals surface area contributed by atoms with E-state index in [2.05, 4.69) is 15.3 Å². The maximum absolute atomic E-state index is 12.8. The smallest absolute Gasteiger partial charge is 0.234 e. The minimum Gasteiger partial charge on any atom is -0.326 e. The third-order valence-electron chi connectivity index (χ3n) is 5.32. The van der Waals surface area contributed by atoms with E-state index in [1.54, 1.807) is 6.20 Å². The molecular formula is C20H23N5O3S. The number of hydrogen-bond acceptors (Lipinski definition) is 5. The van der Waals surface area contributed by atoms with E-state index < -0.39 is 10.0 Å². The Morgan fingerprint density at radius 3 is 2.69 bits per heavy atom. The number of benzene rings is 1. The molecule has 9 heteroatoms. The van der Waals surface area contributed by atoms with Crippen molar-refractivity contribution in [3.05, 3.63) is 48.4 Å². The first-order chi connectivity index (χ1) is 13.8. The average Bonchev–Trinajstić information content (AvgIpc) is 3.13. The predicted molar refractivity (Wildman–Crippen MR) is 111 cm³/mol. The summed E-state index contributed by atoms with van der Waals surface area (Å²) in [7, 11) is -3.20. The third-order valence-corrected chi connectivity index (χ3v) is 6.62. The standard InChI is InChI=1S/C20H23N5O3S/c1-14-4-5-16(18-13-24-9-3-8-21-20(24)23-18)12-17(14)22-19(26)15-6-10-25(11-7-15)29(2,27)28/h3-5,8-9,12-13,15H,6-7,10-11H2,1-2H3,(H,22,26). The molecule has 1 aromatic carbocycles. The number of carbonyl (C=O) groups excluding carboxylic acids is 1. The number of amides is 1. The maximum atomic E-state index is 12.8. The van der Waals surface area contributed by atoms with Crippen molar-refractivity contribution in [3.8, 4) is 11.3 Å². The van der Waals surface area contributed by atoms with Gasteiger partial charge in [0.15, 0.2) is 0 Å². The lowest BCUT2D eigenvalue weighted by molar-refractivity contribution is -0.120. The van der Waals surface area contributed by atoms with Crippen LogP contribution in [0.15, 0.2) is 42.9 Å². The Labute approximate surface area is 169 Å². The zero-order chi connectivity index (χ0) is 20.6. The number of piperidine rings is 1. The van der Waals surface area contributed by atoms with Crippen molar-refractivity contribution in [1.29, 1.82) is 0 Å². The second-order valence-corrected chi connectivity index (χ2v) is 9.39. The molecule has 1 amide bonds. The molecule has 3 heterocycles. The summed E-state index contributed by atoms with van der Waals surface area (Å²) in [5.41, 5.74) is 3.37. The molecule has 0 radical (unpaired) electrons. The van der Waals surface area contributed by atoms with Crippen LogP contribution < -0.4 is 5.32 Å². The highest BCUT2D eigenvalue weighted by Crippen LogP contribution is 2.27. The van der Waals surface area contributed by atoms with Gasteiger partial charge in [0, 0.05) is 48.8 Å². The SMILES string of the molecule is Cc1ccc(-c2cn3cccnc3n2)cc1NC(=O)C1CCN(S(C)(=O)=O)CC1. The zero-order valence-electron chi connectivity index (χ0n) is 16.4. The Bertz CT molecular complexity index is 1130. The molecule has 152 valence electrons. The summed E-state index contributed by atoms with van der Waals surface area (Å²) < 4.78 is 26.6. The number of carbonyl (C=O) groups is 1. The molecule has 1 fully saturated rings. The fraction of sp³-hybridized carbons (Fsp3) is 0.350. The van der Waals surface area contributed by atoms with E-state index in [4.69, 9.17) is 0 Å². The Hall–Kier alpha value is -2.78. The topological polar surface area (TPSA) is 96.7 Å². The fourth-order valence-electron chi connectivity index (χ4n) is 3.57. The lowest BCUT2D eigenvalue weighted by atomic mass is 9.97. The summed E-state index contributed by atoms with van der Waals surface area (Å²) in [6.07, 6.45) is 7.74. The highest BCUT2D eigenvalue weighted by atomic mass is 32.2. The molecule has 1 aliphatic rings. The Morgan fingerprint density at radius 1 is 1.24 bits per heavy atom. The first-order valence-electron chi connectivity index (χ1n) is 9.48. The summed E-state index contributed by atoms with van der Waals surface area (Å²) in [5, 5.41) is 3.02.